The first-order valence-corrected chi connectivity index (χ1v) is 10.7. The van der Waals surface area contributed by atoms with Crippen molar-refractivity contribution in [2.24, 2.45) is 5.14 Å². The molecule has 3 rings (SSSR count). The number of hydrogen-bond donors (Lipinski definition) is 1. The lowest BCUT2D eigenvalue weighted by Crippen LogP contribution is -2.13. The molecule has 0 spiro atoms. The molecule has 0 radical (unpaired) electrons. The lowest BCUT2D eigenvalue weighted by Gasteiger charge is -2.18. The van der Waals surface area contributed by atoms with Crippen molar-refractivity contribution >= 4 is 38.2 Å². The molecule has 168 valence electrons. The van der Waals surface area contributed by atoms with E-state index in [2.05, 4.69) is 9.97 Å². The number of aromatic nitrogens is 3. The minimum absolute atomic E-state index is 0.0160. The fraction of sp³-hybridized carbons (Fsp3) is 0.333. The first-order chi connectivity index (χ1) is 14.5. The summed E-state index contributed by atoms with van der Waals surface area (Å²) in [6.45, 7) is 0. The number of anilines is 1. The Morgan fingerprint density at radius 2 is 1.77 bits per heavy atom. The van der Waals surface area contributed by atoms with Gasteiger partial charge in [0, 0.05) is 32.1 Å². The third kappa shape index (κ3) is 4.23. The lowest BCUT2D eigenvalue weighted by atomic mass is 10.2. The number of primary sulfonamides is 1. The highest BCUT2D eigenvalue weighted by atomic mass is 35.5. The maximum atomic E-state index is 13.0. The van der Waals surface area contributed by atoms with E-state index in [1.54, 1.807) is 25.1 Å². The highest BCUT2D eigenvalue weighted by molar-refractivity contribution is 7.89. The highest BCUT2D eigenvalue weighted by Gasteiger charge is 2.26. The highest BCUT2D eigenvalue weighted by Crippen LogP contribution is 2.39. The minimum atomic E-state index is -4.13. The van der Waals surface area contributed by atoms with Gasteiger partial charge < -0.3 is 14.4 Å². The van der Waals surface area contributed by atoms with Gasteiger partial charge in [-0.05, 0) is 12.1 Å². The van der Waals surface area contributed by atoms with Gasteiger partial charge in [-0.1, -0.05) is 11.6 Å². The van der Waals surface area contributed by atoms with E-state index in [9.17, 15) is 17.2 Å². The third-order valence-electron chi connectivity index (χ3n) is 4.49. The van der Waals surface area contributed by atoms with Crippen LogP contribution in [-0.2, 0) is 16.4 Å². The van der Waals surface area contributed by atoms with Crippen LogP contribution in [0.3, 0.4) is 0 Å². The Balaban J connectivity index is 2.44. The van der Waals surface area contributed by atoms with Crippen molar-refractivity contribution in [1.29, 1.82) is 0 Å². The van der Waals surface area contributed by atoms with Crippen LogP contribution in [0.4, 0.5) is 14.5 Å². The fourth-order valence-corrected chi connectivity index (χ4v) is 4.31. The second-order valence-electron chi connectivity index (χ2n) is 6.71. The Bertz CT molecular complexity index is 1220. The fourth-order valence-electron chi connectivity index (χ4n) is 3.27. The van der Waals surface area contributed by atoms with Gasteiger partial charge in [-0.2, -0.15) is 9.97 Å². The number of rotatable bonds is 7. The Kier molecular flexibility index (Phi) is 6.25. The summed E-state index contributed by atoms with van der Waals surface area (Å²) in [5, 5.41) is 6.03. The molecule has 0 saturated heterocycles. The quantitative estimate of drug-likeness (QED) is 0.558. The Labute approximate surface area is 182 Å². The van der Waals surface area contributed by atoms with Gasteiger partial charge in [-0.3, -0.25) is 4.57 Å². The zero-order chi connectivity index (χ0) is 23.1. The molecule has 0 aliphatic rings. The monoisotopic (exact) mass is 475 g/mol. The second-order valence-corrected chi connectivity index (χ2v) is 8.65. The third-order valence-corrected chi connectivity index (χ3v) is 5.73. The van der Waals surface area contributed by atoms with Crippen LogP contribution in [0.5, 0.6) is 11.8 Å². The number of ether oxygens (including phenoxy) is 2. The molecule has 0 atom stereocenters. The standard InChI is InChI=1S/C18H20ClF2N5O4S/c1-25(2)15-11(19)6-5-9-12(31(22,27)28)8-26(14(9)15)18-23-16(29-3)10(7-13(20)21)17(24-18)30-4/h5-6,8,13H,7H2,1-4H3,(H2,22,27,28). The number of nitrogens with two attached hydrogens (primary N) is 1. The Hall–Kier alpha value is -2.70. The number of benzene rings is 1. The molecule has 0 saturated carbocycles. The van der Waals surface area contributed by atoms with Crippen molar-refractivity contribution in [3.8, 4) is 17.7 Å². The van der Waals surface area contributed by atoms with Crippen LogP contribution in [-0.4, -0.2) is 57.7 Å². The molecular weight excluding hydrogens is 456 g/mol. The number of alkyl halides is 2. The van der Waals surface area contributed by atoms with Crippen molar-refractivity contribution in [2.75, 3.05) is 33.2 Å². The summed E-state index contributed by atoms with van der Waals surface area (Å²) in [7, 11) is 1.86. The van der Waals surface area contributed by atoms with Crippen LogP contribution < -0.4 is 19.5 Å². The molecule has 3 aromatic rings. The van der Waals surface area contributed by atoms with Crippen LogP contribution >= 0.6 is 11.6 Å². The van der Waals surface area contributed by atoms with Crippen molar-refractivity contribution in [1.82, 2.24) is 14.5 Å². The summed E-state index contributed by atoms with van der Waals surface area (Å²) in [6, 6.07) is 3.06. The lowest BCUT2D eigenvalue weighted by molar-refractivity contribution is 0.146. The number of nitrogens with zero attached hydrogens (tertiary/aromatic N) is 4. The zero-order valence-corrected chi connectivity index (χ0v) is 18.6. The molecule has 13 heteroatoms. The van der Waals surface area contributed by atoms with Crippen LogP contribution in [0.1, 0.15) is 5.56 Å². The van der Waals surface area contributed by atoms with E-state index in [1.165, 1.54) is 31.0 Å². The van der Waals surface area contributed by atoms with Gasteiger partial charge >= 0.3 is 0 Å². The first kappa shape index (κ1) is 23.0. The predicted octanol–water partition coefficient (Wildman–Crippen LogP) is 2.61. The molecule has 9 nitrogen and oxygen atoms in total. The summed E-state index contributed by atoms with van der Waals surface area (Å²) >= 11 is 6.37. The topological polar surface area (TPSA) is 113 Å². The van der Waals surface area contributed by atoms with Crippen molar-refractivity contribution in [3.05, 3.63) is 28.9 Å². The van der Waals surface area contributed by atoms with Crippen LogP contribution in [0, 0.1) is 0 Å². The van der Waals surface area contributed by atoms with Gasteiger partial charge in [-0.15, -0.1) is 0 Å². The molecule has 0 bridgehead atoms. The molecule has 0 aliphatic carbocycles. The van der Waals surface area contributed by atoms with Gasteiger partial charge in [0.1, 0.15) is 4.90 Å². The molecule has 31 heavy (non-hydrogen) atoms. The van der Waals surface area contributed by atoms with E-state index >= 15 is 0 Å². The van der Waals surface area contributed by atoms with Gasteiger partial charge in [0.25, 0.3) is 0 Å². The number of fused-ring (bicyclic) bond motifs is 1. The number of methoxy groups -OCH3 is 2. The molecule has 1 aromatic carbocycles. The number of halogens is 3. The van der Waals surface area contributed by atoms with Crippen molar-refractivity contribution < 1.29 is 26.7 Å². The van der Waals surface area contributed by atoms with E-state index in [-0.39, 0.29) is 33.6 Å². The van der Waals surface area contributed by atoms with Gasteiger partial charge in [0.15, 0.2) is 0 Å². The summed E-state index contributed by atoms with van der Waals surface area (Å²) in [6.07, 6.45) is -2.13. The average molecular weight is 476 g/mol. The van der Waals surface area contributed by atoms with Crippen molar-refractivity contribution in [2.45, 2.75) is 17.7 Å². The smallest absolute Gasteiger partial charge is 0.243 e. The summed E-state index contributed by atoms with van der Waals surface area (Å²) in [4.78, 5) is 9.94. The number of sulfonamides is 1. The normalized spacial score (nSPS) is 11.9. The molecule has 0 unspecified atom stereocenters. The summed E-state index contributed by atoms with van der Waals surface area (Å²) in [5.41, 5.74) is 0.817. The van der Waals surface area contributed by atoms with E-state index in [4.69, 9.17) is 26.2 Å². The Morgan fingerprint density at radius 1 is 1.19 bits per heavy atom. The molecule has 2 N–H and O–H groups in total. The first-order valence-electron chi connectivity index (χ1n) is 8.80. The summed E-state index contributed by atoms with van der Waals surface area (Å²) in [5.74, 6) is -0.332. The van der Waals surface area contributed by atoms with Crippen LogP contribution in [0.2, 0.25) is 5.02 Å². The predicted molar refractivity (Wildman–Crippen MR) is 112 cm³/mol. The van der Waals surface area contributed by atoms with E-state index in [0.29, 0.717) is 16.2 Å². The zero-order valence-electron chi connectivity index (χ0n) is 17.1. The molecule has 0 amide bonds. The molecule has 2 heterocycles. The van der Waals surface area contributed by atoms with Crippen LogP contribution in [0.25, 0.3) is 16.9 Å². The maximum Gasteiger partial charge on any atom is 0.243 e. The molecular formula is C18H20ClF2N5O4S. The molecule has 2 aromatic heterocycles. The van der Waals surface area contributed by atoms with Crippen LogP contribution in [0.15, 0.2) is 23.2 Å². The molecule has 0 aliphatic heterocycles. The molecule has 0 fully saturated rings. The Morgan fingerprint density at radius 3 is 2.23 bits per heavy atom. The van der Waals surface area contributed by atoms with E-state index in [0.717, 1.165) is 0 Å². The van der Waals surface area contributed by atoms with Gasteiger partial charge in [0.05, 0.1) is 36.0 Å². The SMILES string of the molecule is COc1nc(-n2cc(S(N)(=O)=O)c3ccc(Cl)c(N(C)C)c32)nc(OC)c1CC(F)F. The van der Waals surface area contributed by atoms with E-state index in [1.807, 2.05) is 0 Å². The maximum absolute atomic E-state index is 13.0. The summed E-state index contributed by atoms with van der Waals surface area (Å²) < 4.78 is 62.2. The largest absolute Gasteiger partial charge is 0.481 e. The minimum Gasteiger partial charge on any atom is -0.481 e. The van der Waals surface area contributed by atoms with Crippen molar-refractivity contribution in [3.63, 3.8) is 0 Å². The van der Waals surface area contributed by atoms with Gasteiger partial charge in [-0.25, -0.2) is 22.3 Å². The average Bonchev–Trinajstić information content (AvgIpc) is 3.07. The van der Waals surface area contributed by atoms with E-state index < -0.39 is 22.9 Å². The second kappa shape index (κ2) is 8.44. The number of hydrogen-bond acceptors (Lipinski definition) is 7. The van der Waals surface area contributed by atoms with Gasteiger partial charge in [0.2, 0.25) is 34.2 Å².